The van der Waals surface area contributed by atoms with Crippen LogP contribution < -0.4 is 26.8 Å². The largest absolute Gasteiger partial charge is 0.352 e. The van der Waals surface area contributed by atoms with Gasteiger partial charge >= 0.3 is 0 Å². The van der Waals surface area contributed by atoms with Gasteiger partial charge in [0.25, 0.3) is 5.56 Å². The first kappa shape index (κ1) is 23.9. The molecule has 0 aliphatic heterocycles. The SMILES string of the molecule is Cc1nc(Nc2ccc(NC(=S)Nc3ccccc3)cc2)nc2nc(NCc3ccccc3)[nH]c(=O)c12. The van der Waals surface area contributed by atoms with Gasteiger partial charge < -0.3 is 21.3 Å². The number of H-pyrrole nitrogens is 1. The number of para-hydroxylation sites is 1. The molecular weight excluding hydrogens is 484 g/mol. The van der Waals surface area contributed by atoms with Crippen LogP contribution in [-0.2, 0) is 6.54 Å². The van der Waals surface area contributed by atoms with Gasteiger partial charge in [0.2, 0.25) is 11.9 Å². The molecule has 2 aromatic heterocycles. The van der Waals surface area contributed by atoms with E-state index in [4.69, 9.17) is 12.2 Å². The number of nitrogens with zero attached hydrogens (tertiary/aromatic N) is 3. The minimum absolute atomic E-state index is 0.292. The molecule has 2 heterocycles. The quantitative estimate of drug-likeness (QED) is 0.189. The van der Waals surface area contributed by atoms with Crippen LogP contribution in [0, 0.1) is 6.92 Å². The number of nitrogens with one attached hydrogen (secondary N) is 5. The van der Waals surface area contributed by atoms with Gasteiger partial charge in [-0.25, -0.2) is 4.98 Å². The van der Waals surface area contributed by atoms with Crippen LogP contribution in [0.4, 0.5) is 29.0 Å². The molecule has 5 rings (SSSR count). The van der Waals surface area contributed by atoms with Gasteiger partial charge in [0.15, 0.2) is 10.8 Å². The van der Waals surface area contributed by atoms with Crippen LogP contribution in [0.15, 0.2) is 89.7 Å². The summed E-state index contributed by atoms with van der Waals surface area (Å²) in [5, 5.41) is 13.5. The number of hydrogen-bond acceptors (Lipinski definition) is 7. The van der Waals surface area contributed by atoms with Crippen molar-refractivity contribution in [2.45, 2.75) is 13.5 Å². The molecule has 3 aromatic carbocycles. The van der Waals surface area contributed by atoms with Crippen molar-refractivity contribution in [2.75, 3.05) is 21.3 Å². The molecule has 0 aliphatic carbocycles. The summed E-state index contributed by atoms with van der Waals surface area (Å²) >= 11 is 5.38. The molecule has 5 aromatic rings. The number of anilines is 5. The van der Waals surface area contributed by atoms with Gasteiger partial charge in [0, 0.05) is 23.6 Å². The highest BCUT2D eigenvalue weighted by atomic mass is 32.1. The third kappa shape index (κ3) is 6.06. The molecule has 0 spiro atoms. The van der Waals surface area contributed by atoms with Crippen molar-refractivity contribution in [1.29, 1.82) is 0 Å². The minimum Gasteiger partial charge on any atom is -0.352 e. The standard InChI is InChI=1S/C27H24N8OS/c1-17-22-23(33-25(35-24(22)36)28-16-18-8-4-2-5-9-18)34-26(29-17)30-20-12-14-21(15-13-20)32-27(37)31-19-10-6-3-7-11-19/h2-15H,16H2,1H3,(H2,31,32,37)(H3,28,29,30,33,34,35,36). The summed E-state index contributed by atoms with van der Waals surface area (Å²) < 4.78 is 0. The van der Waals surface area contributed by atoms with Gasteiger partial charge in [0.05, 0.1) is 5.69 Å². The molecule has 10 heteroatoms. The van der Waals surface area contributed by atoms with Gasteiger partial charge in [0.1, 0.15) is 5.39 Å². The number of thiocarbonyl (C=S) groups is 1. The van der Waals surface area contributed by atoms with E-state index in [1.54, 1.807) is 6.92 Å². The third-order valence-corrected chi connectivity index (χ3v) is 5.68. The van der Waals surface area contributed by atoms with E-state index in [0.717, 1.165) is 22.6 Å². The fraction of sp³-hybridized carbons (Fsp3) is 0.0741. The van der Waals surface area contributed by atoms with Crippen molar-refractivity contribution in [3.05, 3.63) is 107 Å². The second-order valence-electron chi connectivity index (χ2n) is 8.23. The second-order valence-corrected chi connectivity index (χ2v) is 8.64. The number of fused-ring (bicyclic) bond motifs is 1. The van der Waals surface area contributed by atoms with E-state index in [1.165, 1.54) is 0 Å². The van der Waals surface area contributed by atoms with Crippen molar-refractivity contribution in [3.63, 3.8) is 0 Å². The summed E-state index contributed by atoms with van der Waals surface area (Å²) in [6.07, 6.45) is 0. The molecule has 0 radical (unpaired) electrons. The van der Waals surface area contributed by atoms with Crippen molar-refractivity contribution < 1.29 is 0 Å². The van der Waals surface area contributed by atoms with Crippen LogP contribution in [0.25, 0.3) is 11.0 Å². The van der Waals surface area contributed by atoms with E-state index in [-0.39, 0.29) is 5.56 Å². The van der Waals surface area contributed by atoms with Crippen LogP contribution in [0.2, 0.25) is 0 Å². The zero-order chi connectivity index (χ0) is 25.6. The summed E-state index contributed by atoms with van der Waals surface area (Å²) in [5.41, 5.74) is 4.14. The highest BCUT2D eigenvalue weighted by Crippen LogP contribution is 2.20. The third-order valence-electron chi connectivity index (χ3n) is 5.48. The average molecular weight is 509 g/mol. The van der Waals surface area contributed by atoms with Gasteiger partial charge in [-0.2, -0.15) is 9.97 Å². The molecule has 0 bridgehead atoms. The molecule has 0 unspecified atom stereocenters. The Kier molecular flexibility index (Phi) is 7.00. The average Bonchev–Trinajstić information content (AvgIpc) is 2.89. The summed E-state index contributed by atoms with van der Waals surface area (Å²) in [7, 11) is 0. The van der Waals surface area contributed by atoms with Crippen molar-refractivity contribution in [1.82, 2.24) is 19.9 Å². The molecule has 9 nitrogen and oxygen atoms in total. The molecule has 0 fully saturated rings. The Morgan fingerprint density at radius 2 is 1.43 bits per heavy atom. The van der Waals surface area contributed by atoms with Gasteiger partial charge in [-0.3, -0.25) is 9.78 Å². The molecular formula is C27H24N8OS. The topological polar surface area (TPSA) is 120 Å². The zero-order valence-electron chi connectivity index (χ0n) is 19.9. The van der Waals surface area contributed by atoms with Gasteiger partial charge in [-0.1, -0.05) is 48.5 Å². The summed E-state index contributed by atoms with van der Waals surface area (Å²) in [6, 6.07) is 27.1. The molecule has 0 saturated carbocycles. The molecule has 5 N–H and O–H groups in total. The summed E-state index contributed by atoms with van der Waals surface area (Å²) in [4.78, 5) is 28.9. The van der Waals surface area contributed by atoms with E-state index >= 15 is 0 Å². The van der Waals surface area contributed by atoms with Gasteiger partial charge in [-0.05, 0) is 61.1 Å². The van der Waals surface area contributed by atoms with E-state index < -0.39 is 0 Å². The number of aromatic amines is 1. The predicted octanol–water partition coefficient (Wildman–Crippen LogP) is 5.19. The lowest BCUT2D eigenvalue weighted by Gasteiger charge is -2.12. The normalized spacial score (nSPS) is 10.6. The Hall–Kier alpha value is -4.83. The highest BCUT2D eigenvalue weighted by molar-refractivity contribution is 7.80. The lowest BCUT2D eigenvalue weighted by molar-refractivity contribution is 1.03. The maximum atomic E-state index is 12.7. The number of aromatic nitrogens is 4. The van der Waals surface area contributed by atoms with Crippen LogP contribution >= 0.6 is 12.2 Å². The van der Waals surface area contributed by atoms with Crippen molar-refractivity contribution >= 4 is 57.3 Å². The lowest BCUT2D eigenvalue weighted by atomic mass is 10.2. The van der Waals surface area contributed by atoms with Crippen LogP contribution in [-0.4, -0.2) is 25.0 Å². The number of benzene rings is 3. The fourth-order valence-corrected chi connectivity index (χ4v) is 3.95. The first-order chi connectivity index (χ1) is 18.0. The molecule has 0 saturated heterocycles. The first-order valence-corrected chi connectivity index (χ1v) is 12.0. The van der Waals surface area contributed by atoms with E-state index in [9.17, 15) is 4.79 Å². The highest BCUT2D eigenvalue weighted by Gasteiger charge is 2.12. The molecule has 0 aliphatic rings. The van der Waals surface area contributed by atoms with Crippen molar-refractivity contribution in [2.24, 2.45) is 0 Å². The maximum Gasteiger partial charge on any atom is 0.263 e. The Labute approximate surface area is 218 Å². The fourth-order valence-electron chi connectivity index (χ4n) is 3.71. The molecule has 0 atom stereocenters. The first-order valence-electron chi connectivity index (χ1n) is 11.6. The monoisotopic (exact) mass is 508 g/mol. The van der Waals surface area contributed by atoms with E-state index in [0.29, 0.717) is 40.3 Å². The summed E-state index contributed by atoms with van der Waals surface area (Å²) in [5.74, 6) is 0.694. The van der Waals surface area contributed by atoms with Crippen molar-refractivity contribution in [3.8, 4) is 0 Å². The molecule has 37 heavy (non-hydrogen) atoms. The number of aryl methyl sites for hydroxylation is 1. The lowest BCUT2D eigenvalue weighted by Crippen LogP contribution is -2.18. The molecule has 0 amide bonds. The number of hydrogen-bond donors (Lipinski definition) is 5. The smallest absolute Gasteiger partial charge is 0.263 e. The Morgan fingerprint density at radius 3 is 2.14 bits per heavy atom. The second kappa shape index (κ2) is 10.8. The summed E-state index contributed by atoms with van der Waals surface area (Å²) in [6.45, 7) is 2.28. The predicted molar refractivity (Wildman–Crippen MR) is 152 cm³/mol. The Balaban J connectivity index is 1.28. The number of rotatable bonds is 7. The molecule has 184 valence electrons. The maximum absolute atomic E-state index is 12.7. The van der Waals surface area contributed by atoms with E-state index in [1.807, 2.05) is 84.9 Å². The van der Waals surface area contributed by atoms with Crippen LogP contribution in [0.3, 0.4) is 0 Å². The van der Waals surface area contributed by atoms with Crippen LogP contribution in [0.1, 0.15) is 11.3 Å². The van der Waals surface area contributed by atoms with Crippen LogP contribution in [0.5, 0.6) is 0 Å². The Bertz CT molecular complexity index is 1590. The Morgan fingerprint density at radius 1 is 0.811 bits per heavy atom. The van der Waals surface area contributed by atoms with E-state index in [2.05, 4.69) is 41.2 Å². The van der Waals surface area contributed by atoms with Gasteiger partial charge in [-0.15, -0.1) is 0 Å². The zero-order valence-corrected chi connectivity index (χ0v) is 20.8. The minimum atomic E-state index is -0.292.